The number of hydrogen-bond acceptors (Lipinski definition) is 3. The summed E-state index contributed by atoms with van der Waals surface area (Å²) in [5, 5.41) is 4.79. The SMILES string of the molecule is c1ccc(-c2ccc(C(c3ccnc4ccccc34)N3CCCNCC3)cc2)cc1. The van der Waals surface area contributed by atoms with Gasteiger partial charge in [-0.2, -0.15) is 0 Å². The molecule has 0 amide bonds. The predicted octanol–water partition coefficient (Wildman–Crippen LogP) is 5.29. The summed E-state index contributed by atoms with van der Waals surface area (Å²) in [5.41, 5.74) is 6.26. The lowest BCUT2D eigenvalue weighted by molar-refractivity contribution is 0.242. The molecule has 1 fully saturated rings. The molecule has 4 aromatic rings. The zero-order chi connectivity index (χ0) is 20.2. The Hall–Kier alpha value is -3.01. The van der Waals surface area contributed by atoms with Crippen LogP contribution < -0.4 is 5.32 Å². The summed E-state index contributed by atoms with van der Waals surface area (Å²) in [5.74, 6) is 0. The Bertz CT molecular complexity index is 1090. The smallest absolute Gasteiger partial charge is 0.0705 e. The molecule has 1 aliphatic rings. The van der Waals surface area contributed by atoms with Crippen LogP contribution in [0.2, 0.25) is 0 Å². The maximum Gasteiger partial charge on any atom is 0.0705 e. The van der Waals surface area contributed by atoms with Gasteiger partial charge in [0, 0.05) is 31.2 Å². The molecule has 1 atom stereocenters. The van der Waals surface area contributed by atoms with E-state index in [1.54, 1.807) is 0 Å². The molecule has 2 heterocycles. The van der Waals surface area contributed by atoms with Crippen LogP contribution in [0.4, 0.5) is 0 Å². The largest absolute Gasteiger partial charge is 0.315 e. The molecule has 1 unspecified atom stereocenters. The van der Waals surface area contributed by atoms with Crippen LogP contribution in [0, 0.1) is 0 Å². The van der Waals surface area contributed by atoms with Crippen molar-refractivity contribution in [2.75, 3.05) is 26.2 Å². The zero-order valence-corrected chi connectivity index (χ0v) is 17.2. The highest BCUT2D eigenvalue weighted by molar-refractivity contribution is 5.83. The summed E-state index contributed by atoms with van der Waals surface area (Å²) < 4.78 is 0. The van der Waals surface area contributed by atoms with Crippen molar-refractivity contribution in [1.29, 1.82) is 0 Å². The van der Waals surface area contributed by atoms with Crippen LogP contribution in [0.25, 0.3) is 22.0 Å². The van der Waals surface area contributed by atoms with Gasteiger partial charge in [0.25, 0.3) is 0 Å². The molecule has 1 aliphatic heterocycles. The fraction of sp³-hybridized carbons (Fsp3) is 0.222. The first-order valence-corrected chi connectivity index (χ1v) is 10.8. The van der Waals surface area contributed by atoms with E-state index in [1.807, 2.05) is 6.20 Å². The van der Waals surface area contributed by atoms with Crippen molar-refractivity contribution >= 4 is 10.9 Å². The molecule has 0 saturated carbocycles. The maximum absolute atomic E-state index is 4.60. The van der Waals surface area contributed by atoms with Crippen molar-refractivity contribution in [2.24, 2.45) is 0 Å². The van der Waals surface area contributed by atoms with Gasteiger partial charge in [0.15, 0.2) is 0 Å². The average Bonchev–Trinajstić information content (AvgIpc) is 3.10. The van der Waals surface area contributed by atoms with E-state index in [-0.39, 0.29) is 6.04 Å². The number of nitrogens with zero attached hydrogens (tertiary/aromatic N) is 2. The normalized spacial score (nSPS) is 16.3. The molecule has 0 spiro atoms. The first kappa shape index (κ1) is 19.0. The number of benzene rings is 3. The third-order valence-corrected chi connectivity index (χ3v) is 6.05. The van der Waals surface area contributed by atoms with Gasteiger partial charge in [-0.1, -0.05) is 72.8 Å². The minimum atomic E-state index is 0.225. The number of pyridine rings is 1. The quantitative estimate of drug-likeness (QED) is 0.511. The summed E-state index contributed by atoms with van der Waals surface area (Å²) in [7, 11) is 0. The number of hydrogen-bond donors (Lipinski definition) is 1. The summed E-state index contributed by atoms with van der Waals surface area (Å²) in [6.45, 7) is 4.26. The van der Waals surface area contributed by atoms with E-state index in [4.69, 9.17) is 0 Å². The number of aromatic nitrogens is 1. The van der Waals surface area contributed by atoms with Gasteiger partial charge in [-0.05, 0) is 47.4 Å². The fourth-order valence-electron chi connectivity index (χ4n) is 4.56. The Morgan fingerprint density at radius 3 is 2.37 bits per heavy atom. The summed E-state index contributed by atoms with van der Waals surface area (Å²) in [6, 6.07) is 30.7. The third-order valence-electron chi connectivity index (χ3n) is 6.05. The van der Waals surface area contributed by atoms with Crippen LogP contribution >= 0.6 is 0 Å². The molecule has 3 nitrogen and oxygen atoms in total. The molecule has 3 aromatic carbocycles. The predicted molar refractivity (Wildman–Crippen MR) is 125 cm³/mol. The Balaban J connectivity index is 1.59. The topological polar surface area (TPSA) is 28.2 Å². The second-order valence-electron chi connectivity index (χ2n) is 7.95. The van der Waals surface area contributed by atoms with Crippen LogP contribution in [0.3, 0.4) is 0 Å². The fourth-order valence-corrected chi connectivity index (χ4v) is 4.56. The van der Waals surface area contributed by atoms with E-state index < -0.39 is 0 Å². The van der Waals surface area contributed by atoms with Crippen LogP contribution in [-0.2, 0) is 0 Å². The van der Waals surface area contributed by atoms with Gasteiger partial charge in [-0.15, -0.1) is 0 Å². The second kappa shape index (κ2) is 8.78. The molecule has 5 rings (SSSR count). The van der Waals surface area contributed by atoms with E-state index in [0.717, 1.165) is 31.7 Å². The molecule has 150 valence electrons. The molecule has 1 aromatic heterocycles. The van der Waals surface area contributed by atoms with Gasteiger partial charge >= 0.3 is 0 Å². The molecule has 0 aliphatic carbocycles. The van der Waals surface area contributed by atoms with Crippen LogP contribution in [0.15, 0.2) is 91.1 Å². The zero-order valence-electron chi connectivity index (χ0n) is 17.2. The van der Waals surface area contributed by atoms with E-state index in [9.17, 15) is 0 Å². The molecule has 1 saturated heterocycles. The first-order chi connectivity index (χ1) is 14.9. The van der Waals surface area contributed by atoms with Crippen molar-refractivity contribution in [3.63, 3.8) is 0 Å². The third kappa shape index (κ3) is 3.87. The van der Waals surface area contributed by atoms with Crippen molar-refractivity contribution in [2.45, 2.75) is 12.5 Å². The van der Waals surface area contributed by atoms with Gasteiger partial charge in [-0.25, -0.2) is 0 Å². The van der Waals surface area contributed by atoms with Crippen LogP contribution in [0.1, 0.15) is 23.6 Å². The van der Waals surface area contributed by atoms with Crippen molar-refractivity contribution in [3.8, 4) is 11.1 Å². The van der Waals surface area contributed by atoms with E-state index >= 15 is 0 Å². The molecular formula is C27H27N3. The lowest BCUT2D eigenvalue weighted by Crippen LogP contribution is -2.33. The van der Waals surface area contributed by atoms with Crippen molar-refractivity contribution in [3.05, 3.63) is 102 Å². The highest BCUT2D eigenvalue weighted by Crippen LogP contribution is 2.34. The Morgan fingerprint density at radius 2 is 1.50 bits per heavy atom. The molecule has 3 heteroatoms. The highest BCUT2D eigenvalue weighted by atomic mass is 15.2. The lowest BCUT2D eigenvalue weighted by atomic mass is 9.92. The van der Waals surface area contributed by atoms with Crippen molar-refractivity contribution in [1.82, 2.24) is 15.2 Å². The monoisotopic (exact) mass is 393 g/mol. The molecular weight excluding hydrogens is 366 g/mol. The van der Waals surface area contributed by atoms with E-state index in [0.29, 0.717) is 0 Å². The van der Waals surface area contributed by atoms with E-state index in [1.165, 1.54) is 34.1 Å². The maximum atomic E-state index is 4.60. The number of fused-ring (bicyclic) bond motifs is 1. The summed E-state index contributed by atoms with van der Waals surface area (Å²) in [6.07, 6.45) is 3.13. The number of nitrogens with one attached hydrogen (secondary N) is 1. The average molecular weight is 394 g/mol. The van der Waals surface area contributed by atoms with Gasteiger partial charge in [0.1, 0.15) is 0 Å². The van der Waals surface area contributed by atoms with Gasteiger partial charge in [0.05, 0.1) is 11.6 Å². The van der Waals surface area contributed by atoms with E-state index in [2.05, 4.69) is 100 Å². The van der Waals surface area contributed by atoms with Crippen LogP contribution in [-0.4, -0.2) is 36.1 Å². The molecule has 30 heavy (non-hydrogen) atoms. The molecule has 0 radical (unpaired) electrons. The van der Waals surface area contributed by atoms with Gasteiger partial charge in [-0.3, -0.25) is 9.88 Å². The Morgan fingerprint density at radius 1 is 0.733 bits per heavy atom. The molecule has 1 N–H and O–H groups in total. The summed E-state index contributed by atoms with van der Waals surface area (Å²) in [4.78, 5) is 7.23. The van der Waals surface area contributed by atoms with Crippen molar-refractivity contribution < 1.29 is 0 Å². The highest BCUT2D eigenvalue weighted by Gasteiger charge is 2.25. The van der Waals surface area contributed by atoms with Gasteiger partial charge in [0.2, 0.25) is 0 Å². The molecule has 0 bridgehead atoms. The second-order valence-corrected chi connectivity index (χ2v) is 7.95. The number of rotatable bonds is 4. The first-order valence-electron chi connectivity index (χ1n) is 10.8. The Kier molecular flexibility index (Phi) is 5.56. The standard InChI is InChI=1S/C27H27N3/c1-2-7-21(8-3-1)22-11-13-23(14-12-22)27(30-19-6-16-28-18-20-30)25-15-17-29-26-10-5-4-9-24(25)26/h1-5,7-15,17,27-28H,6,16,18-20H2. The van der Waals surface area contributed by atoms with Gasteiger partial charge < -0.3 is 5.32 Å². The lowest BCUT2D eigenvalue weighted by Gasteiger charge is -2.32. The minimum Gasteiger partial charge on any atom is -0.315 e. The van der Waals surface area contributed by atoms with Crippen LogP contribution in [0.5, 0.6) is 0 Å². The Labute approximate surface area is 178 Å². The summed E-state index contributed by atoms with van der Waals surface area (Å²) >= 11 is 0. The minimum absolute atomic E-state index is 0.225. The number of para-hydroxylation sites is 1.